The standard InChI is InChI=1S/C20H25N5O4S/c1-13-11-14(7-10-22-13)19(26)23-20(8-2-3-9-20)12-29-16-6-4-5-15-17(16)18(21)25-30(27,28)24-15/h4-7,10-11,24,27-28H,2-3,8-9,12H2,1H3,(H2,21,25)(H,23,26). The van der Waals surface area contributed by atoms with Crippen LogP contribution in [0.4, 0.5) is 5.69 Å². The van der Waals surface area contributed by atoms with Crippen molar-refractivity contribution < 1.29 is 18.6 Å². The molecule has 1 aliphatic heterocycles. The lowest BCUT2D eigenvalue weighted by Gasteiger charge is -2.34. The monoisotopic (exact) mass is 431 g/mol. The fourth-order valence-electron chi connectivity index (χ4n) is 3.93. The molecule has 1 aromatic heterocycles. The summed E-state index contributed by atoms with van der Waals surface area (Å²) in [6.07, 6.45) is 5.23. The van der Waals surface area contributed by atoms with Gasteiger partial charge < -0.3 is 15.8 Å². The van der Waals surface area contributed by atoms with Crippen molar-refractivity contribution in [3.63, 3.8) is 0 Å². The van der Waals surface area contributed by atoms with Gasteiger partial charge in [-0.3, -0.25) is 23.6 Å². The molecule has 2 aromatic rings. The molecular weight excluding hydrogens is 406 g/mol. The molecule has 0 spiro atoms. The van der Waals surface area contributed by atoms with Crippen molar-refractivity contribution in [1.29, 1.82) is 0 Å². The highest BCUT2D eigenvalue weighted by molar-refractivity contribution is 8.24. The molecule has 0 unspecified atom stereocenters. The van der Waals surface area contributed by atoms with Crippen LogP contribution in [0.2, 0.25) is 0 Å². The van der Waals surface area contributed by atoms with Crippen molar-refractivity contribution in [3.8, 4) is 5.75 Å². The number of pyridine rings is 1. The number of nitrogens with one attached hydrogen (secondary N) is 2. The average Bonchev–Trinajstić information content (AvgIpc) is 3.13. The SMILES string of the molecule is Cc1cc(C(=O)NC2(COc3cccc4c3C(N)=NS(O)(O)N4)CCCC2)ccn1. The number of hydrogen-bond donors (Lipinski definition) is 5. The molecule has 10 heteroatoms. The molecule has 0 radical (unpaired) electrons. The number of hydrogen-bond acceptors (Lipinski definition) is 8. The van der Waals surface area contributed by atoms with Gasteiger partial charge in [-0.15, -0.1) is 4.40 Å². The van der Waals surface area contributed by atoms with Crippen LogP contribution in [-0.2, 0) is 0 Å². The number of aromatic nitrogens is 1. The van der Waals surface area contributed by atoms with Crippen LogP contribution in [0, 0.1) is 6.92 Å². The maximum absolute atomic E-state index is 12.8. The normalized spacial score (nSPS) is 19.8. The van der Waals surface area contributed by atoms with Crippen LogP contribution in [0.3, 0.4) is 0 Å². The molecule has 2 aliphatic rings. The molecule has 9 nitrogen and oxygen atoms in total. The maximum Gasteiger partial charge on any atom is 0.251 e. The number of rotatable bonds is 5. The van der Waals surface area contributed by atoms with Crippen LogP contribution >= 0.6 is 11.0 Å². The molecule has 1 amide bonds. The zero-order valence-electron chi connectivity index (χ0n) is 16.6. The molecule has 0 atom stereocenters. The second-order valence-corrected chi connectivity index (χ2v) is 9.12. The minimum absolute atomic E-state index is 0.00359. The summed E-state index contributed by atoms with van der Waals surface area (Å²) in [6.45, 7) is 2.11. The Labute approximate surface area is 176 Å². The fourth-order valence-corrected chi connectivity index (χ4v) is 4.80. The summed E-state index contributed by atoms with van der Waals surface area (Å²) in [4.78, 5) is 17.0. The smallest absolute Gasteiger partial charge is 0.251 e. The van der Waals surface area contributed by atoms with Gasteiger partial charge in [-0.1, -0.05) is 18.9 Å². The Kier molecular flexibility index (Phi) is 5.31. The molecule has 1 fully saturated rings. The van der Waals surface area contributed by atoms with Gasteiger partial charge in [0.1, 0.15) is 12.4 Å². The number of amides is 1. The van der Waals surface area contributed by atoms with Gasteiger partial charge in [0.15, 0.2) is 5.84 Å². The molecule has 1 aromatic carbocycles. The number of amidine groups is 1. The first-order valence-electron chi connectivity index (χ1n) is 9.70. The van der Waals surface area contributed by atoms with Gasteiger partial charge in [-0.25, -0.2) is 0 Å². The molecule has 30 heavy (non-hydrogen) atoms. The van der Waals surface area contributed by atoms with Gasteiger partial charge >= 0.3 is 0 Å². The lowest BCUT2D eigenvalue weighted by molar-refractivity contribution is 0.0854. The van der Waals surface area contributed by atoms with E-state index in [2.05, 4.69) is 19.4 Å². The molecule has 2 heterocycles. The van der Waals surface area contributed by atoms with Crippen LogP contribution < -0.4 is 20.5 Å². The summed E-state index contributed by atoms with van der Waals surface area (Å²) in [5.74, 6) is 0.310. The second-order valence-electron chi connectivity index (χ2n) is 7.69. The molecule has 1 saturated carbocycles. The lowest BCUT2D eigenvalue weighted by Crippen LogP contribution is -2.50. The van der Waals surface area contributed by atoms with Crippen molar-refractivity contribution in [2.45, 2.75) is 38.1 Å². The zero-order chi connectivity index (χ0) is 21.4. The van der Waals surface area contributed by atoms with Crippen LogP contribution in [0.5, 0.6) is 5.75 Å². The van der Waals surface area contributed by atoms with Gasteiger partial charge in [-0.05, 0) is 55.0 Å². The number of fused-ring (bicyclic) bond motifs is 1. The highest BCUT2D eigenvalue weighted by atomic mass is 32.3. The lowest BCUT2D eigenvalue weighted by atomic mass is 9.98. The zero-order valence-corrected chi connectivity index (χ0v) is 17.4. The van der Waals surface area contributed by atoms with Crippen molar-refractivity contribution in [1.82, 2.24) is 10.3 Å². The predicted octanol–water partition coefficient (Wildman–Crippen LogP) is 3.22. The van der Waals surface area contributed by atoms with E-state index >= 15 is 0 Å². The number of aryl methyl sites for hydroxylation is 1. The van der Waals surface area contributed by atoms with E-state index in [1.807, 2.05) is 6.92 Å². The van der Waals surface area contributed by atoms with Gasteiger partial charge in [0.2, 0.25) is 0 Å². The van der Waals surface area contributed by atoms with Crippen LogP contribution in [0.1, 0.15) is 47.3 Å². The summed E-state index contributed by atoms with van der Waals surface area (Å²) in [6, 6.07) is 8.61. The van der Waals surface area contributed by atoms with E-state index < -0.39 is 16.5 Å². The highest BCUT2D eigenvalue weighted by Gasteiger charge is 2.37. The predicted molar refractivity (Wildman–Crippen MR) is 117 cm³/mol. The minimum Gasteiger partial charge on any atom is -0.490 e. The summed E-state index contributed by atoms with van der Waals surface area (Å²) >= 11 is 0. The first-order chi connectivity index (χ1) is 14.3. The van der Waals surface area contributed by atoms with Crippen molar-refractivity contribution in [2.24, 2.45) is 10.1 Å². The Morgan fingerprint density at radius 3 is 2.83 bits per heavy atom. The Morgan fingerprint density at radius 1 is 1.33 bits per heavy atom. The molecule has 6 N–H and O–H groups in total. The van der Waals surface area contributed by atoms with E-state index in [-0.39, 0.29) is 18.3 Å². The summed E-state index contributed by atoms with van der Waals surface area (Å²) in [5.41, 5.74) is 7.74. The van der Waals surface area contributed by atoms with Crippen LogP contribution in [0.25, 0.3) is 0 Å². The fraction of sp³-hybridized carbons (Fsp3) is 0.350. The molecule has 4 rings (SSSR count). The van der Waals surface area contributed by atoms with E-state index in [1.165, 1.54) is 0 Å². The molecule has 0 bridgehead atoms. The Morgan fingerprint density at radius 2 is 2.10 bits per heavy atom. The van der Waals surface area contributed by atoms with Gasteiger partial charge in [0.25, 0.3) is 5.91 Å². The van der Waals surface area contributed by atoms with Gasteiger partial charge in [0, 0.05) is 17.5 Å². The van der Waals surface area contributed by atoms with Crippen molar-refractivity contribution >= 4 is 28.4 Å². The first kappa shape index (κ1) is 20.5. The number of carbonyl (C=O) groups is 1. The highest BCUT2D eigenvalue weighted by Crippen LogP contribution is 2.47. The molecule has 1 aliphatic carbocycles. The summed E-state index contributed by atoms with van der Waals surface area (Å²) in [5, 5.41) is 3.17. The number of benzene rings is 1. The number of anilines is 1. The molecular formula is C20H25N5O4S. The van der Waals surface area contributed by atoms with Crippen molar-refractivity contribution in [3.05, 3.63) is 53.3 Å². The largest absolute Gasteiger partial charge is 0.490 e. The van der Waals surface area contributed by atoms with Crippen molar-refractivity contribution in [2.75, 3.05) is 11.3 Å². The molecule has 160 valence electrons. The van der Waals surface area contributed by atoms with Crippen LogP contribution in [0.15, 0.2) is 40.9 Å². The average molecular weight is 432 g/mol. The number of nitrogens with zero attached hydrogens (tertiary/aromatic N) is 2. The van der Waals surface area contributed by atoms with E-state index in [1.54, 1.807) is 36.5 Å². The van der Waals surface area contributed by atoms with Gasteiger partial charge in [0.05, 0.1) is 16.8 Å². The molecule has 0 saturated heterocycles. The second kappa shape index (κ2) is 7.78. The van der Waals surface area contributed by atoms with E-state index in [0.29, 0.717) is 22.6 Å². The third-order valence-electron chi connectivity index (χ3n) is 5.36. The third kappa shape index (κ3) is 4.20. The third-order valence-corrected chi connectivity index (χ3v) is 6.30. The first-order valence-corrected chi connectivity index (χ1v) is 11.2. The van der Waals surface area contributed by atoms with Gasteiger partial charge in [-0.2, -0.15) is 0 Å². The number of ether oxygens (including phenoxy) is 1. The maximum atomic E-state index is 12.8. The topological polar surface area (TPSA) is 142 Å². The number of carbonyl (C=O) groups excluding carboxylic acids is 1. The Bertz CT molecular complexity index is 1000. The Hall–Kier alpha value is -2.82. The van der Waals surface area contributed by atoms with E-state index in [9.17, 15) is 13.9 Å². The van der Waals surface area contributed by atoms with E-state index in [4.69, 9.17) is 10.5 Å². The minimum atomic E-state index is -3.36. The number of nitrogens with two attached hydrogens (primary N) is 1. The quantitative estimate of drug-likeness (QED) is 0.489. The van der Waals surface area contributed by atoms with E-state index in [0.717, 1.165) is 31.4 Å². The van der Waals surface area contributed by atoms with Crippen LogP contribution in [-0.4, -0.2) is 38.0 Å². The summed E-state index contributed by atoms with van der Waals surface area (Å²) in [7, 11) is -3.36. The summed E-state index contributed by atoms with van der Waals surface area (Å²) < 4.78 is 32.1. The Balaban J connectivity index is 1.54.